The van der Waals surface area contributed by atoms with Crippen molar-refractivity contribution >= 4 is 5.91 Å². The lowest BCUT2D eigenvalue weighted by Crippen LogP contribution is -2.39. The van der Waals surface area contributed by atoms with Gasteiger partial charge in [-0.2, -0.15) is 0 Å². The normalized spacial score (nSPS) is 16.9. The molecule has 1 amide bonds. The summed E-state index contributed by atoms with van der Waals surface area (Å²) in [5.74, 6) is 6.12. The highest BCUT2D eigenvalue weighted by molar-refractivity contribution is 5.81. The summed E-state index contributed by atoms with van der Waals surface area (Å²) in [6.45, 7) is 2.02. The predicted molar refractivity (Wildman–Crippen MR) is 82.1 cm³/mol. The van der Waals surface area contributed by atoms with Crippen LogP contribution in [-0.4, -0.2) is 11.9 Å². The Morgan fingerprint density at radius 3 is 2.60 bits per heavy atom. The maximum absolute atomic E-state index is 12.3. The molecule has 1 saturated carbocycles. The van der Waals surface area contributed by atoms with Crippen LogP contribution in [0, 0.1) is 17.8 Å². The first-order chi connectivity index (χ1) is 9.79. The number of nitrogens with one attached hydrogen (secondary N) is 1. The number of carbonyl (C=O) groups is 1. The zero-order chi connectivity index (χ0) is 14.2. The van der Waals surface area contributed by atoms with E-state index < -0.39 is 0 Å². The third-order valence-corrected chi connectivity index (χ3v) is 3.84. The van der Waals surface area contributed by atoms with Gasteiger partial charge in [-0.05, 0) is 31.4 Å². The molecule has 1 aliphatic rings. The fourth-order valence-corrected chi connectivity index (χ4v) is 2.59. The molecule has 1 aromatic rings. The molecule has 1 N–H and O–H groups in total. The molecule has 1 aliphatic carbocycles. The average Bonchev–Trinajstić information content (AvgIpc) is 2.50. The Kier molecular flexibility index (Phi) is 5.68. The molecule has 0 spiro atoms. The van der Waals surface area contributed by atoms with E-state index in [-0.39, 0.29) is 11.8 Å². The summed E-state index contributed by atoms with van der Waals surface area (Å²) in [5.41, 5.74) is 0.969. The summed E-state index contributed by atoms with van der Waals surface area (Å²) < 4.78 is 0. The maximum atomic E-state index is 12.3. The van der Waals surface area contributed by atoms with Crippen molar-refractivity contribution in [3.8, 4) is 11.8 Å². The van der Waals surface area contributed by atoms with Crippen LogP contribution in [0.5, 0.6) is 0 Å². The van der Waals surface area contributed by atoms with E-state index in [0.29, 0.717) is 6.04 Å². The van der Waals surface area contributed by atoms with Crippen LogP contribution in [0.25, 0.3) is 0 Å². The van der Waals surface area contributed by atoms with Gasteiger partial charge in [0.1, 0.15) is 0 Å². The van der Waals surface area contributed by atoms with Crippen LogP contribution in [-0.2, 0) is 4.79 Å². The van der Waals surface area contributed by atoms with E-state index in [1.54, 1.807) is 0 Å². The zero-order valence-electron chi connectivity index (χ0n) is 12.2. The summed E-state index contributed by atoms with van der Waals surface area (Å²) in [5, 5.41) is 3.16. The van der Waals surface area contributed by atoms with Crippen molar-refractivity contribution < 1.29 is 4.79 Å². The van der Waals surface area contributed by atoms with Crippen molar-refractivity contribution in [1.29, 1.82) is 0 Å². The molecule has 0 heterocycles. The summed E-state index contributed by atoms with van der Waals surface area (Å²) in [6.07, 6.45) is 6.77. The molecule has 0 aliphatic heterocycles. The quantitative estimate of drug-likeness (QED) is 0.836. The fraction of sp³-hybridized carbons (Fsp3) is 0.500. The molecule has 106 valence electrons. The van der Waals surface area contributed by atoms with Crippen molar-refractivity contribution in [2.75, 3.05) is 0 Å². The lowest BCUT2D eigenvalue weighted by molar-refractivity contribution is -0.124. The van der Waals surface area contributed by atoms with E-state index in [2.05, 4.69) is 17.2 Å². The van der Waals surface area contributed by atoms with Crippen molar-refractivity contribution in [3.63, 3.8) is 0 Å². The van der Waals surface area contributed by atoms with Crippen LogP contribution in [0.4, 0.5) is 0 Å². The van der Waals surface area contributed by atoms with Crippen molar-refractivity contribution in [2.45, 2.75) is 51.5 Å². The van der Waals surface area contributed by atoms with Gasteiger partial charge in [-0.1, -0.05) is 56.2 Å². The molecular weight excluding hydrogens is 246 g/mol. The van der Waals surface area contributed by atoms with Gasteiger partial charge in [0.2, 0.25) is 5.91 Å². The minimum absolute atomic E-state index is 0.0998. The Morgan fingerprint density at radius 2 is 1.95 bits per heavy atom. The van der Waals surface area contributed by atoms with Gasteiger partial charge in [-0.15, -0.1) is 0 Å². The van der Waals surface area contributed by atoms with E-state index in [0.717, 1.165) is 24.8 Å². The number of benzene rings is 1. The van der Waals surface area contributed by atoms with Gasteiger partial charge >= 0.3 is 0 Å². The Morgan fingerprint density at radius 1 is 1.25 bits per heavy atom. The van der Waals surface area contributed by atoms with E-state index in [1.807, 2.05) is 37.3 Å². The molecule has 1 atom stereocenters. The van der Waals surface area contributed by atoms with Crippen LogP contribution in [0.15, 0.2) is 30.3 Å². The Labute approximate surface area is 122 Å². The second kappa shape index (κ2) is 7.75. The van der Waals surface area contributed by atoms with Crippen molar-refractivity contribution in [1.82, 2.24) is 5.32 Å². The summed E-state index contributed by atoms with van der Waals surface area (Å²) in [4.78, 5) is 12.3. The van der Waals surface area contributed by atoms with Crippen LogP contribution >= 0.6 is 0 Å². The van der Waals surface area contributed by atoms with Crippen molar-refractivity contribution in [2.24, 2.45) is 5.92 Å². The smallest absolute Gasteiger partial charge is 0.235 e. The first-order valence-electron chi connectivity index (χ1n) is 7.66. The number of hydrogen-bond donors (Lipinski definition) is 1. The number of carbonyl (C=O) groups excluding carboxylic acids is 1. The molecule has 2 nitrogen and oxygen atoms in total. The molecule has 0 aromatic heterocycles. The number of rotatable bonds is 3. The molecule has 0 radical (unpaired) electrons. The summed E-state index contributed by atoms with van der Waals surface area (Å²) in [7, 11) is 0. The van der Waals surface area contributed by atoms with Crippen molar-refractivity contribution in [3.05, 3.63) is 35.9 Å². The van der Waals surface area contributed by atoms with Gasteiger partial charge in [-0.3, -0.25) is 4.79 Å². The van der Waals surface area contributed by atoms with Gasteiger partial charge in [0.05, 0.1) is 5.92 Å². The minimum Gasteiger partial charge on any atom is -0.352 e. The molecule has 0 bridgehead atoms. The molecule has 1 aromatic carbocycles. The largest absolute Gasteiger partial charge is 0.352 e. The molecular formula is C18H23NO. The Bertz CT molecular complexity index is 477. The van der Waals surface area contributed by atoms with Gasteiger partial charge in [0.25, 0.3) is 0 Å². The fourth-order valence-electron chi connectivity index (χ4n) is 2.59. The topological polar surface area (TPSA) is 29.1 Å². The first-order valence-corrected chi connectivity index (χ1v) is 7.66. The second-order valence-corrected chi connectivity index (χ2v) is 5.44. The Hall–Kier alpha value is -1.75. The minimum atomic E-state index is -0.197. The number of hydrogen-bond acceptors (Lipinski definition) is 1. The van der Waals surface area contributed by atoms with Crippen LogP contribution < -0.4 is 5.32 Å². The highest BCUT2D eigenvalue weighted by atomic mass is 16.1. The number of amides is 1. The molecule has 1 unspecified atom stereocenters. The standard InChI is InChI=1S/C18H23NO/c1-2-16(14-13-15-9-5-3-6-10-15)18(20)19-17-11-7-4-8-12-17/h3,5-6,9-10,16-17H,2,4,7-8,11-12H2,1H3,(H,19,20). The lowest BCUT2D eigenvalue weighted by atomic mass is 9.94. The van der Waals surface area contributed by atoms with Crippen LogP contribution in [0.3, 0.4) is 0 Å². The Balaban J connectivity index is 1.93. The van der Waals surface area contributed by atoms with Gasteiger partial charge in [-0.25, -0.2) is 0 Å². The van der Waals surface area contributed by atoms with E-state index >= 15 is 0 Å². The third-order valence-electron chi connectivity index (χ3n) is 3.84. The van der Waals surface area contributed by atoms with E-state index in [9.17, 15) is 4.79 Å². The molecule has 2 heteroatoms. The summed E-state index contributed by atoms with van der Waals surface area (Å²) >= 11 is 0. The SMILES string of the molecule is CCC(C#Cc1ccccc1)C(=O)NC1CCCCC1. The van der Waals surface area contributed by atoms with Gasteiger partial charge < -0.3 is 5.32 Å². The molecule has 0 saturated heterocycles. The van der Waals surface area contributed by atoms with Crippen LogP contribution in [0.1, 0.15) is 51.0 Å². The van der Waals surface area contributed by atoms with Crippen LogP contribution in [0.2, 0.25) is 0 Å². The van der Waals surface area contributed by atoms with E-state index in [1.165, 1.54) is 19.3 Å². The average molecular weight is 269 g/mol. The molecule has 2 rings (SSSR count). The van der Waals surface area contributed by atoms with E-state index in [4.69, 9.17) is 0 Å². The van der Waals surface area contributed by atoms with Gasteiger partial charge in [0.15, 0.2) is 0 Å². The predicted octanol–water partition coefficient (Wildman–Crippen LogP) is 3.51. The highest BCUT2D eigenvalue weighted by Gasteiger charge is 2.19. The summed E-state index contributed by atoms with van der Waals surface area (Å²) in [6, 6.07) is 10.2. The highest BCUT2D eigenvalue weighted by Crippen LogP contribution is 2.18. The first kappa shape index (κ1) is 14.7. The molecule has 1 fully saturated rings. The monoisotopic (exact) mass is 269 g/mol. The second-order valence-electron chi connectivity index (χ2n) is 5.44. The van der Waals surface area contributed by atoms with Gasteiger partial charge in [0, 0.05) is 11.6 Å². The third kappa shape index (κ3) is 4.42. The molecule has 20 heavy (non-hydrogen) atoms. The lowest BCUT2D eigenvalue weighted by Gasteiger charge is -2.23. The maximum Gasteiger partial charge on any atom is 0.235 e. The zero-order valence-corrected chi connectivity index (χ0v) is 12.2.